The molecule has 1 aromatic heterocycles. The molecule has 1 aliphatic rings. The molecule has 1 saturated heterocycles. The van der Waals surface area contributed by atoms with Crippen LogP contribution in [0.25, 0.3) is 11.3 Å². The van der Waals surface area contributed by atoms with Crippen LogP contribution in [0.15, 0.2) is 59.1 Å². The molecule has 0 unspecified atom stereocenters. The van der Waals surface area contributed by atoms with E-state index in [1.807, 2.05) is 0 Å². The maximum Gasteiger partial charge on any atom is 0.276 e. The summed E-state index contributed by atoms with van der Waals surface area (Å²) in [6.45, 7) is 0.611. The summed E-state index contributed by atoms with van der Waals surface area (Å²) in [6, 6.07) is 13.5. The van der Waals surface area contributed by atoms with E-state index < -0.39 is 0 Å². The van der Waals surface area contributed by atoms with E-state index in [9.17, 15) is 13.6 Å². The SMILES string of the molecule is O=C(c1cc(-c2ccc(F)cc2)on1)N1CCC[C@H]1c1ccc(F)cc1. The van der Waals surface area contributed by atoms with Gasteiger partial charge in [0.05, 0.1) is 6.04 Å². The number of hydrogen-bond acceptors (Lipinski definition) is 3. The summed E-state index contributed by atoms with van der Waals surface area (Å²) >= 11 is 0. The van der Waals surface area contributed by atoms with Gasteiger partial charge in [-0.1, -0.05) is 17.3 Å². The van der Waals surface area contributed by atoms with Gasteiger partial charge < -0.3 is 9.42 Å². The van der Waals surface area contributed by atoms with Crippen LogP contribution in [0.1, 0.15) is 34.9 Å². The molecule has 1 atom stereocenters. The Kier molecular flexibility index (Phi) is 4.24. The highest BCUT2D eigenvalue weighted by Gasteiger charge is 2.32. The number of carbonyl (C=O) groups is 1. The zero-order valence-electron chi connectivity index (χ0n) is 13.9. The first-order valence-electron chi connectivity index (χ1n) is 8.41. The number of hydrogen-bond donors (Lipinski definition) is 0. The highest BCUT2D eigenvalue weighted by molar-refractivity contribution is 5.93. The smallest absolute Gasteiger partial charge is 0.276 e. The van der Waals surface area contributed by atoms with Crippen LogP contribution in [0.5, 0.6) is 0 Å². The second-order valence-electron chi connectivity index (χ2n) is 6.29. The maximum absolute atomic E-state index is 13.2. The summed E-state index contributed by atoms with van der Waals surface area (Å²) in [7, 11) is 0. The summed E-state index contributed by atoms with van der Waals surface area (Å²) in [4.78, 5) is 14.6. The zero-order valence-corrected chi connectivity index (χ0v) is 13.9. The van der Waals surface area contributed by atoms with E-state index >= 15 is 0 Å². The molecule has 0 radical (unpaired) electrons. The van der Waals surface area contributed by atoms with Gasteiger partial charge in [-0.2, -0.15) is 0 Å². The van der Waals surface area contributed by atoms with Gasteiger partial charge in [0.15, 0.2) is 11.5 Å². The molecular formula is C20H16F2N2O2. The van der Waals surface area contributed by atoms with Crippen molar-refractivity contribution in [2.24, 2.45) is 0 Å². The van der Waals surface area contributed by atoms with Gasteiger partial charge in [0.1, 0.15) is 11.6 Å². The molecule has 2 aromatic carbocycles. The predicted molar refractivity (Wildman–Crippen MR) is 91.3 cm³/mol. The Morgan fingerprint density at radius 3 is 2.38 bits per heavy atom. The van der Waals surface area contributed by atoms with Crippen LogP contribution in [-0.2, 0) is 0 Å². The molecule has 1 aliphatic heterocycles. The number of halogens is 2. The molecule has 0 spiro atoms. The lowest BCUT2D eigenvalue weighted by Crippen LogP contribution is -2.30. The van der Waals surface area contributed by atoms with Gasteiger partial charge in [-0.25, -0.2) is 8.78 Å². The average molecular weight is 354 g/mol. The molecule has 0 aliphatic carbocycles. The monoisotopic (exact) mass is 354 g/mol. The fraction of sp³-hybridized carbons (Fsp3) is 0.200. The van der Waals surface area contributed by atoms with E-state index in [-0.39, 0.29) is 29.3 Å². The van der Waals surface area contributed by atoms with E-state index in [2.05, 4.69) is 5.16 Å². The highest BCUT2D eigenvalue weighted by Crippen LogP contribution is 2.33. The highest BCUT2D eigenvalue weighted by atomic mass is 19.1. The minimum atomic E-state index is -0.344. The van der Waals surface area contributed by atoms with Gasteiger partial charge in [-0.3, -0.25) is 4.79 Å². The minimum absolute atomic E-state index is 0.103. The van der Waals surface area contributed by atoms with Crippen LogP contribution >= 0.6 is 0 Å². The molecule has 4 nitrogen and oxygen atoms in total. The lowest BCUT2D eigenvalue weighted by molar-refractivity contribution is 0.0725. The Labute approximate surface area is 149 Å². The molecule has 3 aromatic rings. The van der Waals surface area contributed by atoms with E-state index in [1.165, 1.54) is 24.3 Å². The standard InChI is InChI=1S/C20H16F2N2O2/c21-15-7-3-13(4-8-15)18-2-1-11-24(18)20(25)17-12-19(26-23-17)14-5-9-16(22)10-6-14/h3-10,12,18H,1-2,11H2/t18-/m0/s1. The first kappa shape index (κ1) is 16.4. The van der Waals surface area contributed by atoms with Crippen LogP contribution in [0, 0.1) is 11.6 Å². The number of amides is 1. The van der Waals surface area contributed by atoms with Crippen molar-refractivity contribution in [2.75, 3.05) is 6.54 Å². The van der Waals surface area contributed by atoms with Crippen LogP contribution in [0.4, 0.5) is 8.78 Å². The summed E-state index contributed by atoms with van der Waals surface area (Å²) in [5, 5.41) is 3.88. The first-order chi connectivity index (χ1) is 12.6. The Hall–Kier alpha value is -3.02. The summed E-state index contributed by atoms with van der Waals surface area (Å²) in [5.41, 5.74) is 1.76. The van der Waals surface area contributed by atoms with Crippen LogP contribution in [-0.4, -0.2) is 22.5 Å². The number of benzene rings is 2. The molecule has 4 rings (SSSR count). The summed E-state index contributed by atoms with van der Waals surface area (Å²) < 4.78 is 31.5. The van der Waals surface area contributed by atoms with Gasteiger partial charge in [0.2, 0.25) is 0 Å². The lowest BCUT2D eigenvalue weighted by Gasteiger charge is -2.24. The third-order valence-electron chi connectivity index (χ3n) is 4.63. The van der Waals surface area contributed by atoms with Crippen LogP contribution < -0.4 is 0 Å². The Morgan fingerprint density at radius 2 is 1.69 bits per heavy atom. The second kappa shape index (κ2) is 6.71. The molecule has 0 saturated carbocycles. The number of aromatic nitrogens is 1. The van der Waals surface area contributed by atoms with Crippen molar-refractivity contribution < 1.29 is 18.1 Å². The van der Waals surface area contributed by atoms with E-state index in [0.29, 0.717) is 17.9 Å². The largest absolute Gasteiger partial charge is 0.355 e. The van der Waals surface area contributed by atoms with Crippen molar-refractivity contribution in [2.45, 2.75) is 18.9 Å². The Balaban J connectivity index is 1.57. The molecule has 1 amide bonds. The molecule has 0 bridgehead atoms. The van der Waals surface area contributed by atoms with E-state index in [4.69, 9.17) is 4.52 Å². The minimum Gasteiger partial charge on any atom is -0.355 e. The van der Waals surface area contributed by atoms with Crippen molar-refractivity contribution in [3.8, 4) is 11.3 Å². The van der Waals surface area contributed by atoms with E-state index in [0.717, 1.165) is 18.4 Å². The van der Waals surface area contributed by atoms with Crippen LogP contribution in [0.2, 0.25) is 0 Å². The summed E-state index contributed by atoms with van der Waals surface area (Å²) in [6.07, 6.45) is 1.69. The zero-order chi connectivity index (χ0) is 18.1. The predicted octanol–water partition coefficient (Wildman–Crippen LogP) is 4.60. The van der Waals surface area contributed by atoms with Crippen molar-refractivity contribution in [3.05, 3.63) is 77.5 Å². The maximum atomic E-state index is 13.2. The third kappa shape index (κ3) is 3.10. The van der Waals surface area contributed by atoms with Crippen molar-refractivity contribution in [1.29, 1.82) is 0 Å². The van der Waals surface area contributed by atoms with E-state index in [1.54, 1.807) is 35.2 Å². The van der Waals surface area contributed by atoms with Crippen molar-refractivity contribution in [1.82, 2.24) is 10.1 Å². The molecule has 26 heavy (non-hydrogen) atoms. The average Bonchev–Trinajstić information content (AvgIpc) is 3.32. The van der Waals surface area contributed by atoms with Gasteiger partial charge >= 0.3 is 0 Å². The van der Waals surface area contributed by atoms with Gasteiger partial charge in [0, 0.05) is 18.2 Å². The quantitative estimate of drug-likeness (QED) is 0.691. The molecular weight excluding hydrogens is 338 g/mol. The Bertz CT molecular complexity index is 920. The van der Waals surface area contributed by atoms with Gasteiger partial charge in [0.25, 0.3) is 5.91 Å². The third-order valence-corrected chi connectivity index (χ3v) is 4.63. The van der Waals surface area contributed by atoms with Crippen molar-refractivity contribution >= 4 is 5.91 Å². The molecule has 132 valence electrons. The van der Waals surface area contributed by atoms with Gasteiger partial charge in [-0.05, 0) is 54.8 Å². The first-order valence-corrected chi connectivity index (χ1v) is 8.41. The second-order valence-corrected chi connectivity index (χ2v) is 6.29. The topological polar surface area (TPSA) is 46.3 Å². The van der Waals surface area contributed by atoms with Crippen molar-refractivity contribution in [3.63, 3.8) is 0 Å². The van der Waals surface area contributed by atoms with Gasteiger partial charge in [-0.15, -0.1) is 0 Å². The lowest BCUT2D eigenvalue weighted by atomic mass is 10.0. The normalized spacial score (nSPS) is 16.8. The number of rotatable bonds is 3. The molecule has 6 heteroatoms. The molecule has 2 heterocycles. The Morgan fingerprint density at radius 1 is 1.04 bits per heavy atom. The molecule has 0 N–H and O–H groups in total. The number of carbonyl (C=O) groups excluding carboxylic acids is 1. The fourth-order valence-corrected chi connectivity index (χ4v) is 3.31. The van der Waals surface area contributed by atoms with Crippen LogP contribution in [0.3, 0.4) is 0 Å². The number of nitrogens with zero attached hydrogens (tertiary/aromatic N) is 2. The summed E-state index contributed by atoms with van der Waals surface area (Å²) in [5.74, 6) is -0.464. The molecule has 1 fully saturated rings. The number of likely N-dealkylation sites (tertiary alicyclic amines) is 1. The fourth-order valence-electron chi connectivity index (χ4n) is 3.31.